The third-order valence-electron chi connectivity index (χ3n) is 4.17. The SMILES string of the molecule is Cc1c(C(=O)COc2ccccc2)c(O)n(CCCOC(C)C)c(=O)c1C#N. The molecule has 2 aromatic rings. The predicted molar refractivity (Wildman–Crippen MR) is 104 cm³/mol. The van der Waals surface area contributed by atoms with Crippen LogP contribution in [0.3, 0.4) is 0 Å². The van der Waals surface area contributed by atoms with Gasteiger partial charge in [-0.05, 0) is 44.9 Å². The summed E-state index contributed by atoms with van der Waals surface area (Å²) in [6.45, 7) is 5.46. The maximum atomic E-state index is 12.7. The second kappa shape index (κ2) is 9.72. The lowest BCUT2D eigenvalue weighted by Crippen LogP contribution is -2.28. The molecule has 0 fully saturated rings. The molecule has 0 amide bonds. The van der Waals surface area contributed by atoms with Gasteiger partial charge in [0.05, 0.1) is 11.7 Å². The quantitative estimate of drug-likeness (QED) is 0.527. The zero-order valence-electron chi connectivity index (χ0n) is 16.3. The Labute approximate surface area is 163 Å². The summed E-state index contributed by atoms with van der Waals surface area (Å²) in [7, 11) is 0. The van der Waals surface area contributed by atoms with Crippen molar-refractivity contribution in [2.45, 2.75) is 39.8 Å². The van der Waals surface area contributed by atoms with Crippen LogP contribution in [0.1, 0.15) is 41.8 Å². The van der Waals surface area contributed by atoms with Gasteiger partial charge in [-0.1, -0.05) is 18.2 Å². The minimum atomic E-state index is -0.623. The zero-order valence-corrected chi connectivity index (χ0v) is 16.3. The summed E-state index contributed by atoms with van der Waals surface area (Å²) in [5.41, 5.74) is -0.702. The Morgan fingerprint density at radius 1 is 1.29 bits per heavy atom. The van der Waals surface area contributed by atoms with Gasteiger partial charge in [-0.15, -0.1) is 0 Å². The number of Topliss-reactive ketones (excluding diaryl/α,β-unsaturated/α-hetero) is 1. The van der Waals surface area contributed by atoms with E-state index in [4.69, 9.17) is 9.47 Å². The van der Waals surface area contributed by atoms with Crippen LogP contribution >= 0.6 is 0 Å². The highest BCUT2D eigenvalue weighted by molar-refractivity contribution is 6.01. The Hall–Kier alpha value is -3.11. The van der Waals surface area contributed by atoms with Gasteiger partial charge in [-0.3, -0.25) is 14.2 Å². The molecule has 0 saturated heterocycles. The van der Waals surface area contributed by atoms with Crippen molar-refractivity contribution in [2.24, 2.45) is 0 Å². The van der Waals surface area contributed by atoms with E-state index in [-0.39, 0.29) is 35.9 Å². The smallest absolute Gasteiger partial charge is 0.271 e. The van der Waals surface area contributed by atoms with Crippen molar-refractivity contribution < 1.29 is 19.4 Å². The summed E-state index contributed by atoms with van der Waals surface area (Å²) < 4.78 is 11.9. The van der Waals surface area contributed by atoms with Crippen LogP contribution in [0, 0.1) is 18.3 Å². The zero-order chi connectivity index (χ0) is 20.7. The number of hydrogen-bond donors (Lipinski definition) is 1. The fourth-order valence-electron chi connectivity index (χ4n) is 2.77. The molecule has 1 heterocycles. The third kappa shape index (κ3) is 4.99. The lowest BCUT2D eigenvalue weighted by Gasteiger charge is -2.16. The number of aromatic hydroxyl groups is 1. The molecule has 0 aliphatic rings. The molecule has 148 valence electrons. The number of nitrogens with zero attached hydrogens (tertiary/aromatic N) is 2. The number of carbonyl (C=O) groups is 1. The maximum absolute atomic E-state index is 12.7. The molecule has 1 aromatic heterocycles. The van der Waals surface area contributed by atoms with Gasteiger partial charge in [-0.25, -0.2) is 0 Å². The molecule has 0 saturated carbocycles. The fraction of sp³-hybridized carbons (Fsp3) is 0.381. The Bertz CT molecular complexity index is 927. The van der Waals surface area contributed by atoms with E-state index in [2.05, 4.69) is 0 Å². The lowest BCUT2D eigenvalue weighted by atomic mass is 10.0. The van der Waals surface area contributed by atoms with Crippen LogP contribution in [0.2, 0.25) is 0 Å². The van der Waals surface area contributed by atoms with Crippen LogP contribution in [0.5, 0.6) is 11.6 Å². The Balaban J connectivity index is 2.29. The summed E-state index contributed by atoms with van der Waals surface area (Å²) in [6, 6.07) is 10.6. The van der Waals surface area contributed by atoms with Gasteiger partial charge in [0.1, 0.15) is 17.4 Å². The number of pyridine rings is 1. The molecule has 0 radical (unpaired) electrons. The molecule has 1 N–H and O–H groups in total. The minimum Gasteiger partial charge on any atom is -0.494 e. The van der Waals surface area contributed by atoms with Crippen LogP contribution in [0.15, 0.2) is 35.1 Å². The average Bonchev–Trinajstić information content (AvgIpc) is 2.66. The molecule has 0 aliphatic heterocycles. The van der Waals surface area contributed by atoms with Crippen molar-refractivity contribution in [3.05, 3.63) is 57.4 Å². The van der Waals surface area contributed by atoms with Crippen molar-refractivity contribution in [2.75, 3.05) is 13.2 Å². The van der Waals surface area contributed by atoms with E-state index in [0.29, 0.717) is 18.8 Å². The first-order valence-electron chi connectivity index (χ1n) is 9.06. The van der Waals surface area contributed by atoms with Gasteiger partial charge in [-0.2, -0.15) is 5.26 Å². The molecule has 7 heteroatoms. The minimum absolute atomic E-state index is 0.0466. The van der Waals surface area contributed by atoms with Gasteiger partial charge < -0.3 is 14.6 Å². The van der Waals surface area contributed by atoms with Gasteiger partial charge >= 0.3 is 0 Å². The number of carbonyl (C=O) groups excluding carboxylic acids is 1. The van der Waals surface area contributed by atoms with E-state index >= 15 is 0 Å². The molecule has 0 bridgehead atoms. The molecule has 2 rings (SSSR count). The van der Waals surface area contributed by atoms with Gasteiger partial charge in [0.2, 0.25) is 11.7 Å². The van der Waals surface area contributed by atoms with Crippen LogP contribution in [-0.2, 0) is 11.3 Å². The number of aromatic nitrogens is 1. The molecule has 28 heavy (non-hydrogen) atoms. The summed E-state index contributed by atoms with van der Waals surface area (Å²) in [5.74, 6) is -0.456. The van der Waals surface area contributed by atoms with E-state index < -0.39 is 17.2 Å². The Kier molecular flexibility index (Phi) is 7.36. The van der Waals surface area contributed by atoms with E-state index in [9.17, 15) is 20.0 Å². The number of hydrogen-bond acceptors (Lipinski definition) is 6. The topological polar surface area (TPSA) is 102 Å². The number of ether oxygens (including phenoxy) is 2. The fourth-order valence-corrected chi connectivity index (χ4v) is 2.77. The third-order valence-corrected chi connectivity index (χ3v) is 4.17. The van der Waals surface area contributed by atoms with E-state index in [0.717, 1.165) is 4.57 Å². The van der Waals surface area contributed by atoms with E-state index in [1.54, 1.807) is 24.3 Å². The molecule has 0 atom stereocenters. The number of nitriles is 1. The first-order chi connectivity index (χ1) is 13.4. The molecular weight excluding hydrogens is 360 g/mol. The largest absolute Gasteiger partial charge is 0.494 e. The highest BCUT2D eigenvalue weighted by Gasteiger charge is 2.24. The Morgan fingerprint density at radius 2 is 1.96 bits per heavy atom. The van der Waals surface area contributed by atoms with E-state index in [1.165, 1.54) is 6.92 Å². The Morgan fingerprint density at radius 3 is 2.57 bits per heavy atom. The molecule has 7 nitrogen and oxygen atoms in total. The number of para-hydroxylation sites is 1. The molecule has 0 unspecified atom stereocenters. The van der Waals surface area contributed by atoms with Crippen molar-refractivity contribution >= 4 is 5.78 Å². The first-order valence-corrected chi connectivity index (χ1v) is 9.06. The van der Waals surface area contributed by atoms with Crippen LogP contribution in [-0.4, -0.2) is 34.8 Å². The molecule has 0 spiro atoms. The number of rotatable bonds is 9. The molecule has 1 aromatic carbocycles. The first kappa shape index (κ1) is 21.2. The highest BCUT2D eigenvalue weighted by Crippen LogP contribution is 2.23. The summed E-state index contributed by atoms with van der Waals surface area (Å²) >= 11 is 0. The van der Waals surface area contributed by atoms with Crippen LogP contribution in [0.25, 0.3) is 0 Å². The van der Waals surface area contributed by atoms with Crippen molar-refractivity contribution in [3.8, 4) is 17.7 Å². The van der Waals surface area contributed by atoms with Gasteiger partial charge in [0.25, 0.3) is 5.56 Å². The second-order valence-corrected chi connectivity index (χ2v) is 6.57. The van der Waals surface area contributed by atoms with Gasteiger partial charge in [0.15, 0.2) is 6.61 Å². The maximum Gasteiger partial charge on any atom is 0.271 e. The van der Waals surface area contributed by atoms with Crippen molar-refractivity contribution in [1.82, 2.24) is 4.57 Å². The monoisotopic (exact) mass is 384 g/mol. The summed E-state index contributed by atoms with van der Waals surface area (Å²) in [4.78, 5) is 25.2. The highest BCUT2D eigenvalue weighted by atomic mass is 16.5. The van der Waals surface area contributed by atoms with Crippen LogP contribution in [0.4, 0.5) is 0 Å². The lowest BCUT2D eigenvalue weighted by molar-refractivity contribution is 0.0743. The number of benzene rings is 1. The van der Waals surface area contributed by atoms with Crippen LogP contribution < -0.4 is 10.3 Å². The molecular formula is C21H24N2O5. The normalized spacial score (nSPS) is 10.7. The summed E-state index contributed by atoms with van der Waals surface area (Å²) in [6.07, 6.45) is 0.499. The number of ketones is 1. The van der Waals surface area contributed by atoms with E-state index in [1.807, 2.05) is 26.0 Å². The van der Waals surface area contributed by atoms with Gasteiger partial charge in [0, 0.05) is 13.2 Å². The van der Waals surface area contributed by atoms with Crippen molar-refractivity contribution in [1.29, 1.82) is 5.26 Å². The second-order valence-electron chi connectivity index (χ2n) is 6.57. The molecule has 0 aliphatic carbocycles. The average molecular weight is 384 g/mol. The predicted octanol–water partition coefficient (Wildman–Crippen LogP) is 2.81. The van der Waals surface area contributed by atoms with Crippen molar-refractivity contribution in [3.63, 3.8) is 0 Å². The standard InChI is InChI=1S/C21H24N2O5/c1-14(2)27-11-7-10-23-20(25)17(12-22)15(3)19(21(23)26)18(24)13-28-16-8-5-4-6-9-16/h4-6,8-9,14,26H,7,10-11,13H2,1-3H3. The summed E-state index contributed by atoms with van der Waals surface area (Å²) in [5, 5.41) is 19.9.